The summed E-state index contributed by atoms with van der Waals surface area (Å²) in [5.74, 6) is 0.975. The molecular weight excluding hydrogens is 397 g/mol. The average Bonchev–Trinajstić information content (AvgIpc) is 2.55. The minimum atomic E-state index is -3.91. The van der Waals surface area contributed by atoms with Crippen LogP contribution in [0.5, 0.6) is 11.5 Å². The SMILES string of the molecule is COc1ccc(S(=O)(=O)N[C@H]2CC(C)(C)Oc3ccccc32)c(Cl)c1Cl. The zero-order valence-electron chi connectivity index (χ0n) is 14.5. The van der Waals surface area contributed by atoms with Crippen molar-refractivity contribution in [2.75, 3.05) is 7.11 Å². The molecule has 8 heteroatoms. The van der Waals surface area contributed by atoms with E-state index in [0.717, 1.165) is 5.56 Å². The molecule has 0 bridgehead atoms. The normalized spacial score (nSPS) is 18.7. The third-order valence-electron chi connectivity index (χ3n) is 4.19. The number of halogens is 2. The van der Waals surface area contributed by atoms with E-state index in [1.807, 2.05) is 38.1 Å². The standard InChI is InChI=1S/C18H19Cl2NO4S/c1-18(2)10-12(11-6-4-5-7-13(11)25-18)21-26(22,23)15-9-8-14(24-3)16(19)17(15)20/h4-9,12,21H,10H2,1-3H3/t12-/m0/s1. The maximum atomic E-state index is 13.0. The molecule has 2 aromatic carbocycles. The van der Waals surface area contributed by atoms with E-state index in [1.54, 1.807) is 0 Å². The van der Waals surface area contributed by atoms with Crippen LogP contribution < -0.4 is 14.2 Å². The van der Waals surface area contributed by atoms with Gasteiger partial charge in [-0.25, -0.2) is 13.1 Å². The Hall–Kier alpha value is -1.47. The van der Waals surface area contributed by atoms with E-state index < -0.39 is 21.7 Å². The van der Waals surface area contributed by atoms with Crippen molar-refractivity contribution in [2.45, 2.75) is 36.8 Å². The smallest absolute Gasteiger partial charge is 0.242 e. The molecule has 0 aromatic heterocycles. The minimum absolute atomic E-state index is 0.0600. The molecule has 1 heterocycles. The molecule has 0 saturated carbocycles. The van der Waals surface area contributed by atoms with Crippen LogP contribution in [-0.4, -0.2) is 21.1 Å². The summed E-state index contributed by atoms with van der Waals surface area (Å²) in [5, 5.41) is -0.0112. The van der Waals surface area contributed by atoms with E-state index in [-0.39, 0.29) is 14.9 Å². The lowest BCUT2D eigenvalue weighted by Crippen LogP contribution is -2.41. The van der Waals surface area contributed by atoms with E-state index in [9.17, 15) is 8.42 Å². The van der Waals surface area contributed by atoms with Crippen molar-refractivity contribution >= 4 is 33.2 Å². The number of methoxy groups -OCH3 is 1. The van der Waals surface area contributed by atoms with E-state index in [1.165, 1.54) is 19.2 Å². The second-order valence-electron chi connectivity index (χ2n) is 6.67. The molecule has 1 aliphatic rings. The van der Waals surface area contributed by atoms with Crippen LogP contribution in [-0.2, 0) is 10.0 Å². The minimum Gasteiger partial charge on any atom is -0.495 e. The zero-order valence-corrected chi connectivity index (χ0v) is 16.9. The van der Waals surface area contributed by atoms with Gasteiger partial charge in [-0.3, -0.25) is 0 Å². The van der Waals surface area contributed by atoms with Crippen LogP contribution in [0.15, 0.2) is 41.3 Å². The second kappa shape index (κ2) is 6.93. The van der Waals surface area contributed by atoms with Crippen molar-refractivity contribution in [1.82, 2.24) is 4.72 Å². The Balaban J connectivity index is 1.99. The number of hydrogen-bond acceptors (Lipinski definition) is 4. The highest BCUT2D eigenvalue weighted by Crippen LogP contribution is 2.41. The van der Waals surface area contributed by atoms with Gasteiger partial charge in [0.25, 0.3) is 0 Å². The quantitative estimate of drug-likeness (QED) is 0.793. The van der Waals surface area contributed by atoms with Gasteiger partial charge in [0.05, 0.1) is 18.2 Å². The lowest BCUT2D eigenvalue weighted by molar-refractivity contribution is 0.0702. The van der Waals surface area contributed by atoms with Crippen LogP contribution >= 0.6 is 23.2 Å². The summed E-state index contributed by atoms with van der Waals surface area (Å²) in [7, 11) is -2.47. The zero-order chi connectivity index (χ0) is 19.1. The molecule has 3 rings (SSSR count). The molecule has 2 aromatic rings. The van der Waals surface area contributed by atoms with Gasteiger partial charge in [-0.1, -0.05) is 41.4 Å². The largest absolute Gasteiger partial charge is 0.495 e. The molecule has 1 aliphatic heterocycles. The fourth-order valence-electron chi connectivity index (χ4n) is 3.04. The number of fused-ring (bicyclic) bond motifs is 1. The molecule has 0 fully saturated rings. The molecule has 140 valence electrons. The van der Waals surface area contributed by atoms with Gasteiger partial charge in [0, 0.05) is 12.0 Å². The van der Waals surface area contributed by atoms with Gasteiger partial charge in [-0.05, 0) is 32.0 Å². The van der Waals surface area contributed by atoms with Gasteiger partial charge < -0.3 is 9.47 Å². The molecule has 1 N–H and O–H groups in total. The van der Waals surface area contributed by atoms with Crippen molar-refractivity contribution in [1.29, 1.82) is 0 Å². The number of sulfonamides is 1. The van der Waals surface area contributed by atoms with Crippen LogP contribution in [0.4, 0.5) is 0 Å². The molecule has 0 radical (unpaired) electrons. The molecule has 26 heavy (non-hydrogen) atoms. The monoisotopic (exact) mass is 415 g/mol. The predicted molar refractivity (Wildman–Crippen MR) is 102 cm³/mol. The summed E-state index contributed by atoms with van der Waals surface area (Å²) >= 11 is 12.3. The Morgan fingerprint density at radius 3 is 2.54 bits per heavy atom. The summed E-state index contributed by atoms with van der Waals surface area (Å²) in [4.78, 5) is -0.0910. The Morgan fingerprint density at radius 2 is 1.85 bits per heavy atom. The number of rotatable bonds is 4. The molecule has 0 unspecified atom stereocenters. The van der Waals surface area contributed by atoms with Crippen LogP contribution in [0, 0.1) is 0 Å². The summed E-state index contributed by atoms with van der Waals surface area (Å²) < 4.78 is 39.7. The third kappa shape index (κ3) is 3.64. The molecule has 1 atom stereocenters. The van der Waals surface area contributed by atoms with E-state index >= 15 is 0 Å². The summed E-state index contributed by atoms with van der Waals surface area (Å²) in [6.45, 7) is 3.84. The van der Waals surface area contributed by atoms with Crippen LogP contribution in [0.3, 0.4) is 0 Å². The fraction of sp³-hybridized carbons (Fsp3) is 0.333. The van der Waals surface area contributed by atoms with Crippen LogP contribution in [0.2, 0.25) is 10.0 Å². The summed E-state index contributed by atoms with van der Waals surface area (Å²) in [5.41, 5.74) is 0.272. The average molecular weight is 416 g/mol. The van der Waals surface area contributed by atoms with Crippen molar-refractivity contribution in [3.8, 4) is 11.5 Å². The topological polar surface area (TPSA) is 64.6 Å². The van der Waals surface area contributed by atoms with Gasteiger partial charge >= 0.3 is 0 Å². The summed E-state index contributed by atoms with van der Waals surface area (Å²) in [6, 6.07) is 9.79. The number of para-hydroxylation sites is 1. The van der Waals surface area contributed by atoms with Gasteiger partial charge in [-0.2, -0.15) is 0 Å². The van der Waals surface area contributed by atoms with E-state index in [2.05, 4.69) is 4.72 Å². The second-order valence-corrected chi connectivity index (χ2v) is 9.11. The third-order valence-corrected chi connectivity index (χ3v) is 6.69. The fourth-order valence-corrected chi connectivity index (χ4v) is 5.09. The van der Waals surface area contributed by atoms with Gasteiger partial charge in [0.15, 0.2) is 0 Å². The van der Waals surface area contributed by atoms with Gasteiger partial charge in [0.2, 0.25) is 10.0 Å². The first-order chi connectivity index (χ1) is 12.1. The first kappa shape index (κ1) is 19.3. The predicted octanol–water partition coefficient (Wildman–Crippen LogP) is 4.58. The Labute approximate surface area is 163 Å². The maximum Gasteiger partial charge on any atom is 0.242 e. The Bertz CT molecular complexity index is 944. The van der Waals surface area contributed by atoms with Crippen molar-refractivity contribution in [2.24, 2.45) is 0 Å². The van der Waals surface area contributed by atoms with Crippen molar-refractivity contribution in [3.05, 3.63) is 52.0 Å². The highest BCUT2D eigenvalue weighted by molar-refractivity contribution is 7.89. The molecule has 5 nitrogen and oxygen atoms in total. The molecular formula is C18H19Cl2NO4S. The Morgan fingerprint density at radius 1 is 1.15 bits per heavy atom. The highest BCUT2D eigenvalue weighted by Gasteiger charge is 2.36. The lowest BCUT2D eigenvalue weighted by atomic mass is 9.90. The number of nitrogens with one attached hydrogen (secondary N) is 1. The van der Waals surface area contributed by atoms with Gasteiger partial charge in [-0.15, -0.1) is 0 Å². The van der Waals surface area contributed by atoms with Crippen LogP contribution in [0.25, 0.3) is 0 Å². The Kier molecular flexibility index (Phi) is 5.14. The maximum absolute atomic E-state index is 13.0. The first-order valence-electron chi connectivity index (χ1n) is 7.97. The lowest BCUT2D eigenvalue weighted by Gasteiger charge is -2.37. The number of hydrogen-bond donors (Lipinski definition) is 1. The van der Waals surface area contributed by atoms with E-state index in [4.69, 9.17) is 32.7 Å². The highest BCUT2D eigenvalue weighted by atomic mass is 35.5. The first-order valence-corrected chi connectivity index (χ1v) is 10.2. The molecule has 0 amide bonds. The molecule has 0 aliphatic carbocycles. The summed E-state index contributed by atoms with van der Waals surface area (Å²) in [6.07, 6.45) is 0.477. The van der Waals surface area contributed by atoms with Crippen LogP contribution in [0.1, 0.15) is 31.9 Å². The van der Waals surface area contributed by atoms with Crippen molar-refractivity contribution < 1.29 is 17.9 Å². The number of ether oxygens (including phenoxy) is 2. The molecule has 0 spiro atoms. The van der Waals surface area contributed by atoms with Crippen molar-refractivity contribution in [3.63, 3.8) is 0 Å². The van der Waals surface area contributed by atoms with Gasteiger partial charge in [0.1, 0.15) is 27.0 Å². The molecule has 0 saturated heterocycles. The number of benzene rings is 2. The van der Waals surface area contributed by atoms with E-state index in [0.29, 0.717) is 17.9 Å².